The first-order chi connectivity index (χ1) is 10.2. The van der Waals surface area contributed by atoms with Crippen LogP contribution in [0.5, 0.6) is 0 Å². The number of aliphatic hydroxyl groups is 1. The predicted octanol–water partition coefficient (Wildman–Crippen LogP) is -0.588. The van der Waals surface area contributed by atoms with Gasteiger partial charge in [-0.15, -0.1) is 0 Å². The quantitative estimate of drug-likeness (QED) is 0.734. The SMILES string of the molecule is C[C@@H](CO)NS(=O)(=O)c1ccc(N2C(=O)CCS2(=O)=O)cc1. The van der Waals surface area contributed by atoms with Gasteiger partial charge in [0.15, 0.2) is 0 Å². The number of anilines is 1. The number of nitrogens with one attached hydrogen (secondary N) is 1. The second kappa shape index (κ2) is 5.95. The molecule has 0 aliphatic carbocycles. The van der Waals surface area contributed by atoms with E-state index in [0.29, 0.717) is 4.31 Å². The Labute approximate surface area is 128 Å². The molecule has 1 aliphatic heterocycles. The summed E-state index contributed by atoms with van der Waals surface area (Å²) >= 11 is 0. The standard InChI is InChI=1S/C12H16N2O6S2/c1-9(8-15)13-22(19,20)11-4-2-10(3-5-11)14-12(16)6-7-21(14,17)18/h2-5,9,13,15H,6-8H2,1H3/t9-/m0/s1. The summed E-state index contributed by atoms with van der Waals surface area (Å²) in [6, 6.07) is 4.30. The van der Waals surface area contributed by atoms with Crippen LogP contribution in [-0.2, 0) is 24.8 Å². The second-order valence-electron chi connectivity index (χ2n) is 4.92. The van der Waals surface area contributed by atoms with E-state index in [4.69, 9.17) is 5.11 Å². The molecule has 1 atom stereocenters. The Hall–Kier alpha value is -1.49. The molecule has 1 aliphatic rings. The summed E-state index contributed by atoms with van der Waals surface area (Å²) in [7, 11) is -7.49. The predicted molar refractivity (Wildman–Crippen MR) is 79.2 cm³/mol. The van der Waals surface area contributed by atoms with Gasteiger partial charge in [-0.2, -0.15) is 0 Å². The highest BCUT2D eigenvalue weighted by atomic mass is 32.2. The molecule has 0 radical (unpaired) electrons. The Kier molecular flexibility index (Phi) is 4.57. The average molecular weight is 348 g/mol. The lowest BCUT2D eigenvalue weighted by Gasteiger charge is -2.16. The number of nitrogens with zero attached hydrogens (tertiary/aromatic N) is 1. The molecule has 2 N–H and O–H groups in total. The Bertz CT molecular complexity index is 770. The molecule has 10 heteroatoms. The van der Waals surface area contributed by atoms with Crippen molar-refractivity contribution < 1.29 is 26.7 Å². The van der Waals surface area contributed by atoms with Gasteiger partial charge in [0.25, 0.3) is 0 Å². The Morgan fingerprint density at radius 1 is 1.32 bits per heavy atom. The van der Waals surface area contributed by atoms with E-state index in [9.17, 15) is 21.6 Å². The second-order valence-corrected chi connectivity index (χ2v) is 8.57. The van der Waals surface area contributed by atoms with E-state index in [1.54, 1.807) is 0 Å². The van der Waals surface area contributed by atoms with Gasteiger partial charge in [-0.1, -0.05) is 0 Å². The molecule has 1 amide bonds. The molecule has 2 rings (SSSR count). The largest absolute Gasteiger partial charge is 0.395 e. The third-order valence-corrected chi connectivity index (χ3v) is 6.39. The molecule has 1 saturated heterocycles. The molecule has 8 nitrogen and oxygen atoms in total. The topological polar surface area (TPSA) is 121 Å². The van der Waals surface area contributed by atoms with Crippen LogP contribution >= 0.6 is 0 Å². The van der Waals surface area contributed by atoms with E-state index < -0.39 is 32.0 Å². The summed E-state index contributed by atoms with van der Waals surface area (Å²) < 4.78 is 50.5. The first-order valence-corrected chi connectivity index (χ1v) is 9.56. The first-order valence-electron chi connectivity index (χ1n) is 6.46. The number of carbonyl (C=O) groups is 1. The third kappa shape index (κ3) is 3.29. The zero-order chi connectivity index (χ0) is 16.5. The lowest BCUT2D eigenvalue weighted by atomic mass is 10.3. The van der Waals surface area contributed by atoms with Crippen molar-refractivity contribution in [2.45, 2.75) is 24.3 Å². The van der Waals surface area contributed by atoms with Crippen LogP contribution in [-0.4, -0.2) is 46.3 Å². The smallest absolute Gasteiger partial charge is 0.242 e. The number of rotatable bonds is 5. The lowest BCUT2D eigenvalue weighted by Crippen LogP contribution is -2.35. The van der Waals surface area contributed by atoms with E-state index in [2.05, 4.69) is 4.72 Å². The van der Waals surface area contributed by atoms with Gasteiger partial charge in [-0.25, -0.2) is 25.9 Å². The van der Waals surface area contributed by atoms with Crippen LogP contribution in [0.3, 0.4) is 0 Å². The summed E-state index contributed by atoms with van der Waals surface area (Å²) in [5.74, 6) is -0.788. The maximum Gasteiger partial charge on any atom is 0.242 e. The fourth-order valence-corrected chi connectivity index (χ4v) is 4.69. The number of hydrogen-bond donors (Lipinski definition) is 2. The number of benzene rings is 1. The van der Waals surface area contributed by atoms with Gasteiger partial charge in [0.2, 0.25) is 26.0 Å². The van der Waals surface area contributed by atoms with Crippen LogP contribution in [0.15, 0.2) is 29.2 Å². The van der Waals surface area contributed by atoms with Crippen molar-refractivity contribution in [1.82, 2.24) is 4.72 Å². The van der Waals surface area contributed by atoms with Crippen molar-refractivity contribution in [2.75, 3.05) is 16.7 Å². The summed E-state index contributed by atoms with van der Waals surface area (Å²) in [6.07, 6.45) is -0.0854. The zero-order valence-electron chi connectivity index (χ0n) is 11.8. The van der Waals surface area contributed by atoms with E-state index in [1.165, 1.54) is 31.2 Å². The highest BCUT2D eigenvalue weighted by Gasteiger charge is 2.36. The number of aliphatic hydroxyl groups excluding tert-OH is 1. The minimum Gasteiger partial charge on any atom is -0.395 e. The van der Waals surface area contributed by atoms with Crippen molar-refractivity contribution in [2.24, 2.45) is 0 Å². The van der Waals surface area contributed by atoms with Crippen molar-refractivity contribution in [3.8, 4) is 0 Å². The molecule has 1 fully saturated rings. The molecular formula is C12H16N2O6S2. The van der Waals surface area contributed by atoms with Crippen LogP contribution in [0.25, 0.3) is 0 Å². The summed E-state index contributed by atoms with van der Waals surface area (Å²) in [6.45, 7) is 1.15. The van der Waals surface area contributed by atoms with Crippen LogP contribution in [0.1, 0.15) is 13.3 Å². The molecule has 22 heavy (non-hydrogen) atoms. The van der Waals surface area contributed by atoms with Crippen molar-refractivity contribution in [3.63, 3.8) is 0 Å². The highest BCUT2D eigenvalue weighted by Crippen LogP contribution is 2.26. The Morgan fingerprint density at radius 3 is 2.36 bits per heavy atom. The monoisotopic (exact) mass is 348 g/mol. The van der Waals surface area contributed by atoms with Crippen LogP contribution in [0, 0.1) is 0 Å². The maximum absolute atomic E-state index is 12.0. The number of amides is 1. The van der Waals surface area contributed by atoms with Gasteiger partial charge in [-0.3, -0.25) is 4.79 Å². The molecule has 1 heterocycles. The average Bonchev–Trinajstić information content (AvgIpc) is 2.72. The number of carbonyl (C=O) groups excluding carboxylic acids is 1. The molecule has 0 aromatic heterocycles. The Morgan fingerprint density at radius 2 is 1.91 bits per heavy atom. The van der Waals surface area contributed by atoms with E-state index in [1.807, 2.05) is 0 Å². The Balaban J connectivity index is 2.30. The normalized spacial score (nSPS) is 19.4. The van der Waals surface area contributed by atoms with Gasteiger partial charge in [-0.05, 0) is 31.2 Å². The van der Waals surface area contributed by atoms with E-state index in [-0.39, 0.29) is 29.4 Å². The molecule has 0 unspecified atom stereocenters. The number of sulfonamides is 2. The molecule has 1 aromatic rings. The fourth-order valence-electron chi connectivity index (χ4n) is 2.00. The van der Waals surface area contributed by atoms with Crippen LogP contribution in [0.4, 0.5) is 5.69 Å². The molecule has 0 saturated carbocycles. The van der Waals surface area contributed by atoms with Gasteiger partial charge in [0, 0.05) is 12.5 Å². The minimum absolute atomic E-state index is 0.0828. The molecule has 1 aromatic carbocycles. The third-order valence-electron chi connectivity index (χ3n) is 3.09. The van der Waals surface area contributed by atoms with Gasteiger partial charge >= 0.3 is 0 Å². The van der Waals surface area contributed by atoms with Crippen LogP contribution in [0.2, 0.25) is 0 Å². The zero-order valence-corrected chi connectivity index (χ0v) is 13.4. The summed E-state index contributed by atoms with van der Waals surface area (Å²) in [5, 5.41) is 8.88. The lowest BCUT2D eigenvalue weighted by molar-refractivity contribution is -0.116. The van der Waals surface area contributed by atoms with Crippen molar-refractivity contribution >= 4 is 31.6 Å². The number of hydrogen-bond acceptors (Lipinski definition) is 6. The molecule has 0 spiro atoms. The van der Waals surface area contributed by atoms with Gasteiger partial charge in [0.05, 0.1) is 22.9 Å². The molecule has 0 bridgehead atoms. The first kappa shape index (κ1) is 16.9. The molecular weight excluding hydrogens is 332 g/mol. The minimum atomic E-state index is -3.82. The van der Waals surface area contributed by atoms with Crippen molar-refractivity contribution in [3.05, 3.63) is 24.3 Å². The summed E-state index contributed by atoms with van der Waals surface area (Å²) in [5.41, 5.74) is 0.108. The van der Waals surface area contributed by atoms with Crippen molar-refractivity contribution in [1.29, 1.82) is 0 Å². The maximum atomic E-state index is 12.0. The fraction of sp³-hybridized carbons (Fsp3) is 0.417. The van der Waals surface area contributed by atoms with E-state index in [0.717, 1.165) is 0 Å². The highest BCUT2D eigenvalue weighted by molar-refractivity contribution is 7.94. The van der Waals surface area contributed by atoms with Gasteiger partial charge < -0.3 is 5.11 Å². The van der Waals surface area contributed by atoms with Crippen LogP contribution < -0.4 is 9.03 Å². The van der Waals surface area contributed by atoms with E-state index >= 15 is 0 Å². The summed E-state index contributed by atoms with van der Waals surface area (Å²) in [4.78, 5) is 11.6. The molecule has 122 valence electrons. The van der Waals surface area contributed by atoms with Gasteiger partial charge in [0.1, 0.15) is 0 Å².